The van der Waals surface area contributed by atoms with E-state index in [0.29, 0.717) is 0 Å². The fraction of sp³-hybridized carbons (Fsp3) is 0.333. The predicted molar refractivity (Wildman–Crippen MR) is 51.0 cm³/mol. The Morgan fingerprint density at radius 1 is 1.38 bits per heavy atom. The van der Waals surface area contributed by atoms with Gasteiger partial charge in [-0.25, -0.2) is 0 Å². The van der Waals surface area contributed by atoms with Crippen molar-refractivity contribution in [3.05, 3.63) is 45.3 Å². The van der Waals surface area contributed by atoms with Crippen LogP contribution in [0.4, 0.5) is 5.69 Å². The minimum atomic E-state index is -0.395. The zero-order chi connectivity index (χ0) is 9.68. The highest BCUT2D eigenvalue weighted by Crippen LogP contribution is 2.12. The molecule has 1 aromatic rings. The van der Waals surface area contributed by atoms with Crippen LogP contribution in [0.25, 0.3) is 5.32 Å². The summed E-state index contributed by atoms with van der Waals surface area (Å²) in [6.45, 7) is 0.762. The zero-order valence-corrected chi connectivity index (χ0v) is 7.43. The molecule has 0 aliphatic heterocycles. The number of nitrogens with zero attached hydrogens (tertiary/aromatic N) is 2. The second kappa shape index (κ2) is 4.57. The first-order valence-electron chi connectivity index (χ1n) is 4.03. The highest BCUT2D eigenvalue weighted by molar-refractivity contribution is 5.33. The highest BCUT2D eigenvalue weighted by atomic mass is 16.6. The first-order valence-corrected chi connectivity index (χ1v) is 4.03. The van der Waals surface area contributed by atoms with Gasteiger partial charge >= 0.3 is 0 Å². The molecule has 70 valence electrons. The van der Waals surface area contributed by atoms with E-state index in [0.717, 1.165) is 18.5 Å². The summed E-state index contributed by atoms with van der Waals surface area (Å²) < 4.78 is 0. The molecule has 4 heteroatoms. The van der Waals surface area contributed by atoms with Crippen LogP contribution in [0.1, 0.15) is 5.56 Å². The first kappa shape index (κ1) is 9.67. The molecule has 13 heavy (non-hydrogen) atoms. The molecular formula is C9H11N2O2-. The van der Waals surface area contributed by atoms with E-state index in [1.165, 1.54) is 12.1 Å². The number of nitro groups is 1. The van der Waals surface area contributed by atoms with E-state index in [9.17, 15) is 10.1 Å². The average Bonchev–Trinajstić information content (AvgIpc) is 2.15. The maximum Gasteiger partial charge on any atom is 0.269 e. The van der Waals surface area contributed by atoms with Gasteiger partial charge in [-0.1, -0.05) is 12.1 Å². The smallest absolute Gasteiger partial charge is 0.269 e. The molecule has 0 amide bonds. The van der Waals surface area contributed by atoms with Gasteiger partial charge in [0.1, 0.15) is 0 Å². The van der Waals surface area contributed by atoms with Gasteiger partial charge < -0.3 is 5.32 Å². The summed E-state index contributed by atoms with van der Waals surface area (Å²) >= 11 is 0. The van der Waals surface area contributed by atoms with Crippen molar-refractivity contribution >= 4 is 5.69 Å². The number of likely N-dealkylation sites (N-methyl/N-ethyl adjacent to an activating group) is 1. The van der Waals surface area contributed by atoms with E-state index in [1.807, 2.05) is 0 Å². The second-order valence-electron chi connectivity index (χ2n) is 2.71. The topological polar surface area (TPSA) is 57.2 Å². The molecule has 0 atom stereocenters. The third-order valence-electron chi connectivity index (χ3n) is 1.77. The van der Waals surface area contributed by atoms with Crippen molar-refractivity contribution in [1.29, 1.82) is 0 Å². The minimum absolute atomic E-state index is 0.136. The van der Waals surface area contributed by atoms with E-state index in [4.69, 9.17) is 0 Å². The maximum atomic E-state index is 10.3. The second-order valence-corrected chi connectivity index (χ2v) is 2.71. The molecule has 1 rings (SSSR count). The van der Waals surface area contributed by atoms with Crippen LogP contribution >= 0.6 is 0 Å². The molecule has 0 unspecified atom stereocenters. The summed E-state index contributed by atoms with van der Waals surface area (Å²) in [5, 5.41) is 14.3. The van der Waals surface area contributed by atoms with Crippen molar-refractivity contribution in [1.82, 2.24) is 0 Å². The summed E-state index contributed by atoms with van der Waals surface area (Å²) in [5.41, 5.74) is 1.22. The lowest BCUT2D eigenvalue weighted by atomic mass is 10.1. The zero-order valence-electron chi connectivity index (χ0n) is 7.43. The van der Waals surface area contributed by atoms with Crippen LogP contribution in [-0.2, 0) is 6.42 Å². The Morgan fingerprint density at radius 3 is 2.46 bits per heavy atom. The molecule has 0 aliphatic carbocycles. The summed E-state index contributed by atoms with van der Waals surface area (Å²) in [6.07, 6.45) is 0.842. The molecule has 0 saturated carbocycles. The largest absolute Gasteiger partial charge is 0.665 e. The van der Waals surface area contributed by atoms with Gasteiger partial charge in [0, 0.05) is 12.1 Å². The fourth-order valence-corrected chi connectivity index (χ4v) is 1.03. The summed E-state index contributed by atoms with van der Waals surface area (Å²) in [4.78, 5) is 9.92. The molecule has 0 heterocycles. The van der Waals surface area contributed by atoms with E-state index < -0.39 is 4.92 Å². The SMILES string of the molecule is C[N-]CCc1ccc([N+](=O)[O-])cc1. The van der Waals surface area contributed by atoms with Gasteiger partial charge in [0.15, 0.2) is 0 Å². The van der Waals surface area contributed by atoms with Crippen LogP contribution in [0.3, 0.4) is 0 Å². The normalized spacial score (nSPS) is 9.92. The highest BCUT2D eigenvalue weighted by Gasteiger charge is 2.02. The quantitative estimate of drug-likeness (QED) is 0.525. The van der Waals surface area contributed by atoms with Crippen LogP contribution in [0.2, 0.25) is 0 Å². The molecule has 0 aliphatic rings. The summed E-state index contributed by atoms with van der Waals surface area (Å²) in [7, 11) is 1.76. The van der Waals surface area contributed by atoms with Gasteiger partial charge in [-0.15, -0.1) is 6.54 Å². The Labute approximate surface area is 76.7 Å². The van der Waals surface area contributed by atoms with Crippen LogP contribution in [0.15, 0.2) is 24.3 Å². The van der Waals surface area contributed by atoms with Crippen molar-refractivity contribution in [2.24, 2.45) is 0 Å². The number of rotatable bonds is 4. The Balaban J connectivity index is 2.64. The number of hydrogen-bond donors (Lipinski definition) is 0. The van der Waals surface area contributed by atoms with Crippen LogP contribution in [-0.4, -0.2) is 18.5 Å². The molecule has 0 N–H and O–H groups in total. The van der Waals surface area contributed by atoms with Crippen molar-refractivity contribution < 1.29 is 4.92 Å². The van der Waals surface area contributed by atoms with Gasteiger partial charge in [0.05, 0.1) is 4.92 Å². The number of non-ortho nitro benzene ring substituents is 1. The molecule has 1 aromatic carbocycles. The predicted octanol–water partition coefficient (Wildman–Crippen LogP) is 2.14. The van der Waals surface area contributed by atoms with E-state index >= 15 is 0 Å². The lowest BCUT2D eigenvalue weighted by Gasteiger charge is -2.09. The molecule has 0 spiro atoms. The Hall–Kier alpha value is -1.42. The van der Waals surface area contributed by atoms with Gasteiger partial charge in [-0.2, -0.15) is 7.05 Å². The molecule has 0 bridgehead atoms. The average molecular weight is 179 g/mol. The third-order valence-corrected chi connectivity index (χ3v) is 1.77. The molecule has 0 saturated heterocycles. The lowest BCUT2D eigenvalue weighted by Crippen LogP contribution is -1.91. The Kier molecular flexibility index (Phi) is 3.40. The molecule has 4 nitrogen and oxygen atoms in total. The lowest BCUT2D eigenvalue weighted by molar-refractivity contribution is -0.384. The molecule has 0 aromatic heterocycles. The van der Waals surface area contributed by atoms with Crippen LogP contribution < -0.4 is 0 Å². The molecule has 0 fully saturated rings. The third kappa shape index (κ3) is 2.83. The van der Waals surface area contributed by atoms with Crippen molar-refractivity contribution in [3.63, 3.8) is 0 Å². The van der Waals surface area contributed by atoms with Gasteiger partial charge in [-0.05, 0) is 12.0 Å². The van der Waals surface area contributed by atoms with Crippen LogP contribution in [0, 0.1) is 10.1 Å². The molecule has 0 radical (unpaired) electrons. The van der Waals surface area contributed by atoms with Crippen molar-refractivity contribution in [3.8, 4) is 0 Å². The standard InChI is InChI=1S/C9H11N2O2/c1-10-7-6-8-2-4-9(5-3-8)11(12)13/h2-5H,6-7H2,1H3/q-1. The summed E-state index contributed by atoms with van der Waals surface area (Å²) in [6, 6.07) is 6.57. The minimum Gasteiger partial charge on any atom is -0.665 e. The first-order chi connectivity index (χ1) is 6.24. The Bertz CT molecular complexity index is 282. The van der Waals surface area contributed by atoms with Crippen LogP contribution in [0.5, 0.6) is 0 Å². The van der Waals surface area contributed by atoms with E-state index in [-0.39, 0.29) is 5.69 Å². The van der Waals surface area contributed by atoms with Gasteiger partial charge in [0.2, 0.25) is 0 Å². The van der Waals surface area contributed by atoms with E-state index in [1.54, 1.807) is 19.2 Å². The number of nitro benzene ring substituents is 1. The van der Waals surface area contributed by atoms with Crippen molar-refractivity contribution in [2.75, 3.05) is 13.6 Å². The maximum absolute atomic E-state index is 10.3. The fourth-order valence-electron chi connectivity index (χ4n) is 1.03. The summed E-state index contributed by atoms with van der Waals surface area (Å²) in [5.74, 6) is 0. The monoisotopic (exact) mass is 179 g/mol. The van der Waals surface area contributed by atoms with E-state index in [2.05, 4.69) is 5.32 Å². The van der Waals surface area contributed by atoms with Crippen molar-refractivity contribution in [2.45, 2.75) is 6.42 Å². The van der Waals surface area contributed by atoms with Gasteiger partial charge in [-0.3, -0.25) is 10.1 Å². The number of hydrogen-bond acceptors (Lipinski definition) is 2. The Morgan fingerprint density at radius 2 is 2.00 bits per heavy atom. The molecular weight excluding hydrogens is 168 g/mol. The van der Waals surface area contributed by atoms with Gasteiger partial charge in [0.25, 0.3) is 5.69 Å². The number of benzene rings is 1.